The summed E-state index contributed by atoms with van der Waals surface area (Å²) < 4.78 is 0. The molecular formula is C13H20Cl2N2O. The smallest absolute Gasteiger partial charge is 0.0640 e. The number of aliphatic hydroxyl groups excluding tert-OH is 1. The summed E-state index contributed by atoms with van der Waals surface area (Å²) in [5.41, 5.74) is 7.01. The van der Waals surface area contributed by atoms with Crippen molar-refractivity contribution in [3.05, 3.63) is 33.8 Å². The standard InChI is InChI=1S/C13H20Cl2N2O/c1-17(7-3-9-18)8-6-12(16)10-4-2-5-11(14)13(10)15/h2,4-5,12,18H,3,6-9,16H2,1H3. The van der Waals surface area contributed by atoms with Crippen LogP contribution in [0.5, 0.6) is 0 Å². The highest BCUT2D eigenvalue weighted by atomic mass is 35.5. The molecule has 1 unspecified atom stereocenters. The van der Waals surface area contributed by atoms with Crippen LogP contribution < -0.4 is 5.73 Å². The molecule has 102 valence electrons. The number of benzene rings is 1. The molecule has 5 heteroatoms. The predicted octanol–water partition coefficient (Wildman–Crippen LogP) is 2.70. The molecule has 0 fully saturated rings. The number of nitrogens with two attached hydrogens (primary N) is 1. The van der Waals surface area contributed by atoms with Crippen LogP contribution >= 0.6 is 23.2 Å². The molecule has 0 bridgehead atoms. The second kappa shape index (κ2) is 7.97. The highest BCUT2D eigenvalue weighted by Gasteiger charge is 2.12. The zero-order chi connectivity index (χ0) is 13.5. The molecule has 1 aromatic rings. The van der Waals surface area contributed by atoms with E-state index in [1.807, 2.05) is 19.2 Å². The maximum absolute atomic E-state index is 8.75. The molecule has 0 aliphatic rings. The summed E-state index contributed by atoms with van der Waals surface area (Å²) in [6.45, 7) is 1.95. The number of nitrogens with zero attached hydrogens (tertiary/aromatic N) is 1. The van der Waals surface area contributed by atoms with Gasteiger partial charge in [-0.15, -0.1) is 0 Å². The lowest BCUT2D eigenvalue weighted by Crippen LogP contribution is -2.25. The Morgan fingerprint density at radius 1 is 1.33 bits per heavy atom. The van der Waals surface area contributed by atoms with Gasteiger partial charge in [-0.3, -0.25) is 0 Å². The molecule has 0 saturated heterocycles. The van der Waals surface area contributed by atoms with Gasteiger partial charge in [-0.2, -0.15) is 0 Å². The lowest BCUT2D eigenvalue weighted by Gasteiger charge is -2.20. The molecule has 3 N–H and O–H groups in total. The number of rotatable bonds is 7. The fraction of sp³-hybridized carbons (Fsp3) is 0.538. The fourth-order valence-corrected chi connectivity index (χ4v) is 2.22. The number of halogens is 2. The topological polar surface area (TPSA) is 49.5 Å². The van der Waals surface area contributed by atoms with E-state index in [1.54, 1.807) is 6.07 Å². The lowest BCUT2D eigenvalue weighted by molar-refractivity contribution is 0.244. The van der Waals surface area contributed by atoms with Crippen LogP contribution in [0.25, 0.3) is 0 Å². The van der Waals surface area contributed by atoms with Gasteiger partial charge in [0.1, 0.15) is 0 Å². The summed E-state index contributed by atoms with van der Waals surface area (Å²) in [5, 5.41) is 9.84. The van der Waals surface area contributed by atoms with Crippen molar-refractivity contribution in [2.45, 2.75) is 18.9 Å². The molecule has 0 aromatic heterocycles. The van der Waals surface area contributed by atoms with Crippen LogP contribution in [-0.4, -0.2) is 36.8 Å². The second-order valence-corrected chi connectivity index (χ2v) is 5.20. The van der Waals surface area contributed by atoms with Gasteiger partial charge in [0.25, 0.3) is 0 Å². The summed E-state index contributed by atoms with van der Waals surface area (Å²) in [6, 6.07) is 5.41. The van der Waals surface area contributed by atoms with Gasteiger partial charge < -0.3 is 15.7 Å². The Bertz CT molecular complexity index is 374. The molecule has 3 nitrogen and oxygen atoms in total. The highest BCUT2D eigenvalue weighted by molar-refractivity contribution is 6.42. The minimum Gasteiger partial charge on any atom is -0.396 e. The highest BCUT2D eigenvalue weighted by Crippen LogP contribution is 2.30. The maximum Gasteiger partial charge on any atom is 0.0640 e. The van der Waals surface area contributed by atoms with E-state index >= 15 is 0 Å². The van der Waals surface area contributed by atoms with Crippen LogP contribution in [0.15, 0.2) is 18.2 Å². The van der Waals surface area contributed by atoms with E-state index in [4.69, 9.17) is 34.0 Å². The summed E-state index contributed by atoms with van der Waals surface area (Å²) in [4.78, 5) is 2.15. The van der Waals surface area contributed by atoms with Crippen molar-refractivity contribution < 1.29 is 5.11 Å². The van der Waals surface area contributed by atoms with Crippen molar-refractivity contribution in [1.29, 1.82) is 0 Å². The molecule has 1 rings (SSSR count). The largest absolute Gasteiger partial charge is 0.396 e. The molecular weight excluding hydrogens is 271 g/mol. The minimum atomic E-state index is -0.118. The Kier molecular flexibility index (Phi) is 6.97. The van der Waals surface area contributed by atoms with E-state index < -0.39 is 0 Å². The van der Waals surface area contributed by atoms with Gasteiger partial charge in [0.15, 0.2) is 0 Å². The molecule has 0 amide bonds. The Hall–Kier alpha value is -0.320. The Balaban J connectivity index is 2.50. The van der Waals surface area contributed by atoms with Crippen LogP contribution in [0.1, 0.15) is 24.4 Å². The van der Waals surface area contributed by atoms with Crippen LogP contribution in [0, 0.1) is 0 Å². The minimum absolute atomic E-state index is 0.118. The third-order valence-corrected chi connectivity index (χ3v) is 3.73. The molecule has 1 atom stereocenters. The fourth-order valence-electron chi connectivity index (χ4n) is 1.77. The first kappa shape index (κ1) is 15.7. The average Bonchev–Trinajstić information content (AvgIpc) is 2.36. The molecule has 0 saturated carbocycles. The van der Waals surface area contributed by atoms with E-state index in [2.05, 4.69) is 4.90 Å². The van der Waals surface area contributed by atoms with Crippen molar-refractivity contribution in [2.24, 2.45) is 5.73 Å². The van der Waals surface area contributed by atoms with Crippen molar-refractivity contribution in [2.75, 3.05) is 26.7 Å². The van der Waals surface area contributed by atoms with Crippen LogP contribution in [-0.2, 0) is 0 Å². The Labute approximate surface area is 118 Å². The van der Waals surface area contributed by atoms with E-state index in [1.165, 1.54) is 0 Å². The normalized spacial score (nSPS) is 13.0. The number of hydrogen-bond acceptors (Lipinski definition) is 3. The first-order chi connectivity index (χ1) is 8.56. The molecule has 18 heavy (non-hydrogen) atoms. The first-order valence-corrected chi connectivity index (χ1v) is 6.80. The van der Waals surface area contributed by atoms with Gasteiger partial charge in [-0.1, -0.05) is 35.3 Å². The van der Waals surface area contributed by atoms with Crippen molar-refractivity contribution >= 4 is 23.2 Å². The average molecular weight is 291 g/mol. The summed E-state index contributed by atoms with van der Waals surface area (Å²) >= 11 is 12.1. The quantitative estimate of drug-likeness (QED) is 0.812. The van der Waals surface area contributed by atoms with Gasteiger partial charge in [0.05, 0.1) is 10.0 Å². The lowest BCUT2D eigenvalue weighted by atomic mass is 10.0. The molecule has 0 aliphatic carbocycles. The zero-order valence-electron chi connectivity index (χ0n) is 10.6. The van der Waals surface area contributed by atoms with Gasteiger partial charge in [-0.05, 0) is 38.1 Å². The van der Waals surface area contributed by atoms with Crippen LogP contribution in [0.4, 0.5) is 0 Å². The van der Waals surface area contributed by atoms with Gasteiger partial charge in [-0.25, -0.2) is 0 Å². The zero-order valence-corrected chi connectivity index (χ0v) is 12.1. The molecule has 0 aliphatic heterocycles. The predicted molar refractivity (Wildman–Crippen MR) is 77.2 cm³/mol. The molecule has 0 heterocycles. The van der Waals surface area contributed by atoms with Crippen LogP contribution in [0.2, 0.25) is 10.0 Å². The van der Waals surface area contributed by atoms with E-state index in [9.17, 15) is 0 Å². The van der Waals surface area contributed by atoms with Gasteiger partial charge in [0.2, 0.25) is 0 Å². The SMILES string of the molecule is CN(CCCO)CCC(N)c1cccc(Cl)c1Cl. The Morgan fingerprint density at radius 2 is 2.06 bits per heavy atom. The molecule has 0 spiro atoms. The van der Waals surface area contributed by atoms with Crippen molar-refractivity contribution in [3.8, 4) is 0 Å². The van der Waals surface area contributed by atoms with Crippen molar-refractivity contribution in [1.82, 2.24) is 4.90 Å². The summed E-state index contributed by atoms with van der Waals surface area (Å²) in [5.74, 6) is 0. The monoisotopic (exact) mass is 290 g/mol. The van der Waals surface area contributed by atoms with Gasteiger partial charge in [0, 0.05) is 19.2 Å². The Morgan fingerprint density at radius 3 is 2.72 bits per heavy atom. The van der Waals surface area contributed by atoms with Crippen LogP contribution in [0.3, 0.4) is 0 Å². The number of hydrogen-bond donors (Lipinski definition) is 2. The molecule has 1 aromatic carbocycles. The maximum atomic E-state index is 8.75. The van der Waals surface area contributed by atoms with Gasteiger partial charge >= 0.3 is 0 Å². The third-order valence-electron chi connectivity index (χ3n) is 2.90. The van der Waals surface area contributed by atoms with E-state index in [0.717, 1.165) is 31.5 Å². The van der Waals surface area contributed by atoms with E-state index in [-0.39, 0.29) is 12.6 Å². The summed E-state index contributed by atoms with van der Waals surface area (Å²) in [7, 11) is 2.02. The second-order valence-electron chi connectivity index (χ2n) is 4.42. The molecule has 0 radical (unpaired) electrons. The first-order valence-electron chi connectivity index (χ1n) is 6.05. The third kappa shape index (κ3) is 4.75. The summed E-state index contributed by atoms with van der Waals surface area (Å²) in [6.07, 6.45) is 1.59. The van der Waals surface area contributed by atoms with Crippen molar-refractivity contribution in [3.63, 3.8) is 0 Å². The number of aliphatic hydroxyl groups is 1. The van der Waals surface area contributed by atoms with E-state index in [0.29, 0.717) is 10.0 Å².